The molecule has 2 N–H and O–H groups in total. The summed E-state index contributed by atoms with van der Waals surface area (Å²) in [5.74, 6) is -0.0932. The van der Waals surface area contributed by atoms with E-state index in [2.05, 4.69) is 5.32 Å². The normalized spacial score (nSPS) is 13.8. The molecule has 0 aliphatic carbocycles. The molecule has 0 fully saturated rings. The molecule has 0 saturated carbocycles. The summed E-state index contributed by atoms with van der Waals surface area (Å²) in [4.78, 5) is 11.3. The second-order valence-corrected chi connectivity index (χ2v) is 4.01. The predicted molar refractivity (Wildman–Crippen MR) is 55.0 cm³/mol. The Morgan fingerprint density at radius 1 is 1.57 bits per heavy atom. The van der Waals surface area contributed by atoms with Gasteiger partial charge in [0.1, 0.15) is 0 Å². The molecule has 14 heavy (non-hydrogen) atoms. The molecule has 0 rings (SSSR count). The minimum atomic E-state index is -0.454. The van der Waals surface area contributed by atoms with Gasteiger partial charge in [-0.1, -0.05) is 6.92 Å². The highest BCUT2D eigenvalue weighted by atomic mass is 16.5. The van der Waals surface area contributed by atoms with Gasteiger partial charge in [0.05, 0.1) is 18.1 Å². The van der Waals surface area contributed by atoms with Gasteiger partial charge in [0.2, 0.25) is 5.91 Å². The van der Waals surface area contributed by atoms with E-state index in [0.29, 0.717) is 19.4 Å². The Morgan fingerprint density at radius 2 is 2.14 bits per heavy atom. The number of nitrogens with one attached hydrogen (secondary N) is 1. The molecule has 0 bridgehead atoms. The van der Waals surface area contributed by atoms with Crippen LogP contribution < -0.4 is 5.32 Å². The minimum Gasteiger partial charge on any atom is -0.391 e. The van der Waals surface area contributed by atoms with Gasteiger partial charge >= 0.3 is 0 Å². The summed E-state index contributed by atoms with van der Waals surface area (Å²) in [6, 6.07) is 0. The van der Waals surface area contributed by atoms with Gasteiger partial charge in [-0.25, -0.2) is 0 Å². The van der Waals surface area contributed by atoms with Crippen molar-refractivity contribution in [1.29, 1.82) is 0 Å². The summed E-state index contributed by atoms with van der Waals surface area (Å²) in [5.41, 5.74) is -0.443. The maximum atomic E-state index is 11.3. The van der Waals surface area contributed by atoms with E-state index in [9.17, 15) is 9.90 Å². The van der Waals surface area contributed by atoms with Crippen LogP contribution in [0.3, 0.4) is 0 Å². The quantitative estimate of drug-likeness (QED) is 0.667. The average molecular weight is 203 g/mol. The van der Waals surface area contributed by atoms with E-state index in [4.69, 9.17) is 4.74 Å². The van der Waals surface area contributed by atoms with Crippen molar-refractivity contribution in [1.82, 2.24) is 5.32 Å². The zero-order valence-corrected chi connectivity index (χ0v) is 9.46. The molecular weight excluding hydrogens is 182 g/mol. The topological polar surface area (TPSA) is 58.6 Å². The fourth-order valence-electron chi connectivity index (χ4n) is 0.897. The van der Waals surface area contributed by atoms with Crippen molar-refractivity contribution in [2.45, 2.75) is 45.3 Å². The van der Waals surface area contributed by atoms with Gasteiger partial charge in [-0.3, -0.25) is 4.79 Å². The second kappa shape index (κ2) is 5.98. The van der Waals surface area contributed by atoms with Gasteiger partial charge in [0.25, 0.3) is 0 Å². The van der Waals surface area contributed by atoms with Gasteiger partial charge in [-0.15, -0.1) is 0 Å². The number of carbonyl (C=O) groups excluding carboxylic acids is 1. The Labute approximate surface area is 85.6 Å². The third-order valence-electron chi connectivity index (χ3n) is 2.14. The molecule has 1 unspecified atom stereocenters. The molecule has 0 aromatic rings. The van der Waals surface area contributed by atoms with Crippen LogP contribution in [0.4, 0.5) is 0 Å². The van der Waals surface area contributed by atoms with Crippen LogP contribution in [-0.2, 0) is 9.53 Å². The monoisotopic (exact) mass is 203 g/mol. The van der Waals surface area contributed by atoms with E-state index >= 15 is 0 Å². The molecular formula is C10H21NO3. The molecule has 84 valence electrons. The maximum absolute atomic E-state index is 11.3. The number of carbonyl (C=O) groups is 1. The highest BCUT2D eigenvalue weighted by Gasteiger charge is 2.20. The van der Waals surface area contributed by atoms with Crippen molar-refractivity contribution in [2.75, 3.05) is 13.7 Å². The SMILES string of the molecule is CCC(O)CNC(=O)CC(C)(C)OC. The maximum Gasteiger partial charge on any atom is 0.222 e. The van der Waals surface area contributed by atoms with Crippen LogP contribution in [-0.4, -0.2) is 36.4 Å². The first-order valence-corrected chi connectivity index (χ1v) is 4.91. The first-order valence-electron chi connectivity index (χ1n) is 4.91. The van der Waals surface area contributed by atoms with Crippen molar-refractivity contribution in [3.63, 3.8) is 0 Å². The summed E-state index contributed by atoms with van der Waals surface area (Å²) in [7, 11) is 1.58. The standard InChI is InChI=1S/C10H21NO3/c1-5-8(12)7-11-9(13)6-10(2,3)14-4/h8,12H,5-7H2,1-4H3,(H,11,13). The van der Waals surface area contributed by atoms with E-state index in [1.165, 1.54) is 0 Å². The lowest BCUT2D eigenvalue weighted by atomic mass is 10.0. The number of ether oxygens (including phenoxy) is 1. The highest BCUT2D eigenvalue weighted by molar-refractivity contribution is 5.76. The van der Waals surface area contributed by atoms with Gasteiger partial charge in [-0.05, 0) is 20.3 Å². The fraction of sp³-hybridized carbons (Fsp3) is 0.900. The first kappa shape index (κ1) is 13.4. The zero-order chi connectivity index (χ0) is 11.2. The Balaban J connectivity index is 3.76. The van der Waals surface area contributed by atoms with Crippen molar-refractivity contribution in [3.8, 4) is 0 Å². The molecule has 0 radical (unpaired) electrons. The summed E-state index contributed by atoms with van der Waals surface area (Å²) in [6.07, 6.45) is 0.498. The van der Waals surface area contributed by atoms with E-state index in [1.807, 2.05) is 20.8 Å². The third kappa shape index (κ3) is 5.94. The van der Waals surface area contributed by atoms with Crippen molar-refractivity contribution < 1.29 is 14.6 Å². The molecule has 0 heterocycles. The number of aliphatic hydroxyl groups excluding tert-OH is 1. The molecule has 4 nitrogen and oxygen atoms in total. The average Bonchev–Trinajstić information content (AvgIpc) is 2.13. The van der Waals surface area contributed by atoms with Crippen LogP contribution in [0.15, 0.2) is 0 Å². The Morgan fingerprint density at radius 3 is 2.57 bits per heavy atom. The van der Waals surface area contributed by atoms with E-state index in [0.717, 1.165) is 0 Å². The van der Waals surface area contributed by atoms with Gasteiger partial charge in [0, 0.05) is 13.7 Å². The van der Waals surface area contributed by atoms with Crippen LogP contribution in [0, 0.1) is 0 Å². The molecule has 1 amide bonds. The smallest absolute Gasteiger partial charge is 0.222 e. The molecule has 1 atom stereocenters. The van der Waals surface area contributed by atoms with Gasteiger partial charge < -0.3 is 15.2 Å². The number of aliphatic hydroxyl groups is 1. The second-order valence-electron chi connectivity index (χ2n) is 4.01. The number of rotatable bonds is 6. The highest BCUT2D eigenvalue weighted by Crippen LogP contribution is 2.12. The molecule has 0 aromatic heterocycles. The lowest BCUT2D eigenvalue weighted by molar-refractivity contribution is -0.126. The molecule has 0 saturated heterocycles. The van der Waals surface area contributed by atoms with Gasteiger partial charge in [-0.2, -0.15) is 0 Å². The number of methoxy groups -OCH3 is 1. The number of hydrogen-bond donors (Lipinski definition) is 2. The number of amides is 1. The van der Waals surface area contributed by atoms with Gasteiger partial charge in [0.15, 0.2) is 0 Å². The summed E-state index contributed by atoms with van der Waals surface area (Å²) < 4.78 is 5.12. The van der Waals surface area contributed by atoms with Crippen molar-refractivity contribution >= 4 is 5.91 Å². The fourth-order valence-corrected chi connectivity index (χ4v) is 0.897. The summed E-state index contributed by atoms with van der Waals surface area (Å²) >= 11 is 0. The van der Waals surface area contributed by atoms with E-state index in [1.54, 1.807) is 7.11 Å². The molecule has 4 heteroatoms. The summed E-state index contributed by atoms with van der Waals surface area (Å²) in [5, 5.41) is 11.9. The predicted octanol–water partition coefficient (Wildman–Crippen LogP) is 0.689. The van der Waals surface area contributed by atoms with E-state index in [-0.39, 0.29) is 5.91 Å². The summed E-state index contributed by atoms with van der Waals surface area (Å²) in [6.45, 7) is 5.89. The van der Waals surface area contributed by atoms with Crippen LogP contribution in [0.2, 0.25) is 0 Å². The van der Waals surface area contributed by atoms with Crippen LogP contribution in [0.5, 0.6) is 0 Å². The number of hydrogen-bond acceptors (Lipinski definition) is 3. The van der Waals surface area contributed by atoms with Crippen LogP contribution in [0.25, 0.3) is 0 Å². The van der Waals surface area contributed by atoms with Crippen LogP contribution in [0.1, 0.15) is 33.6 Å². The Hall–Kier alpha value is -0.610. The molecule has 0 aliphatic heterocycles. The first-order chi connectivity index (χ1) is 6.41. The van der Waals surface area contributed by atoms with Crippen molar-refractivity contribution in [3.05, 3.63) is 0 Å². The third-order valence-corrected chi connectivity index (χ3v) is 2.14. The largest absolute Gasteiger partial charge is 0.391 e. The Kier molecular flexibility index (Phi) is 5.72. The lowest BCUT2D eigenvalue weighted by Crippen LogP contribution is -2.37. The van der Waals surface area contributed by atoms with E-state index < -0.39 is 11.7 Å². The molecule has 0 spiro atoms. The lowest BCUT2D eigenvalue weighted by Gasteiger charge is -2.22. The Bertz CT molecular complexity index is 180. The zero-order valence-electron chi connectivity index (χ0n) is 9.46. The van der Waals surface area contributed by atoms with Crippen molar-refractivity contribution in [2.24, 2.45) is 0 Å². The minimum absolute atomic E-state index is 0.0932. The van der Waals surface area contributed by atoms with Crippen LogP contribution >= 0.6 is 0 Å². The molecule has 0 aliphatic rings. The molecule has 0 aromatic carbocycles.